The minimum Gasteiger partial charge on any atom is -0.497 e. The second-order valence-electron chi connectivity index (χ2n) is 5.51. The van der Waals surface area contributed by atoms with Gasteiger partial charge in [0.05, 0.1) is 7.11 Å². The lowest BCUT2D eigenvalue weighted by Crippen LogP contribution is -2.47. The largest absolute Gasteiger partial charge is 0.497 e. The highest BCUT2D eigenvalue weighted by atomic mass is 16.5. The van der Waals surface area contributed by atoms with E-state index < -0.39 is 0 Å². The Morgan fingerprint density at radius 2 is 1.80 bits per heavy atom. The van der Waals surface area contributed by atoms with Gasteiger partial charge in [-0.1, -0.05) is 0 Å². The number of rotatable bonds is 6. The number of nitrogens with zero attached hydrogens (tertiary/aromatic N) is 2. The fourth-order valence-electron chi connectivity index (χ4n) is 2.54. The van der Waals surface area contributed by atoms with E-state index in [-0.39, 0.29) is 0 Å². The molecule has 1 heterocycles. The van der Waals surface area contributed by atoms with Crippen LogP contribution in [0.5, 0.6) is 5.75 Å². The van der Waals surface area contributed by atoms with E-state index in [1.165, 1.54) is 18.7 Å². The molecule has 0 bridgehead atoms. The Bertz CT molecular complexity index is 385. The fraction of sp³-hybridized carbons (Fsp3) is 0.625. The zero-order chi connectivity index (χ0) is 14.4. The number of anilines is 1. The molecule has 0 amide bonds. The highest BCUT2D eigenvalue weighted by Gasteiger charge is 2.17. The topological polar surface area (TPSA) is 27.7 Å². The van der Waals surface area contributed by atoms with Crippen LogP contribution in [0, 0.1) is 0 Å². The first kappa shape index (κ1) is 15.1. The summed E-state index contributed by atoms with van der Waals surface area (Å²) in [6.45, 7) is 7.97. The molecular formula is C16H27N3O. The molecule has 1 unspecified atom stereocenters. The number of ether oxygens (including phenoxy) is 1. The molecule has 1 aromatic carbocycles. The van der Waals surface area contributed by atoms with Crippen LogP contribution in [-0.2, 0) is 0 Å². The summed E-state index contributed by atoms with van der Waals surface area (Å²) >= 11 is 0. The van der Waals surface area contributed by atoms with Gasteiger partial charge in [-0.25, -0.2) is 0 Å². The number of nitrogens with one attached hydrogen (secondary N) is 1. The summed E-state index contributed by atoms with van der Waals surface area (Å²) in [4.78, 5) is 5.02. The molecular weight excluding hydrogens is 250 g/mol. The lowest BCUT2D eigenvalue weighted by Gasteiger charge is -2.36. The summed E-state index contributed by atoms with van der Waals surface area (Å²) in [5.41, 5.74) is 1.30. The fourth-order valence-corrected chi connectivity index (χ4v) is 2.54. The van der Waals surface area contributed by atoms with E-state index in [9.17, 15) is 0 Å². The van der Waals surface area contributed by atoms with Crippen LogP contribution in [0.1, 0.15) is 13.3 Å². The number of benzene rings is 1. The monoisotopic (exact) mass is 277 g/mol. The maximum absolute atomic E-state index is 5.21. The van der Waals surface area contributed by atoms with Gasteiger partial charge in [-0.2, -0.15) is 0 Å². The number of piperazine rings is 1. The highest BCUT2D eigenvalue weighted by Crippen LogP contribution is 2.20. The molecule has 1 aliphatic rings. The third kappa shape index (κ3) is 4.12. The normalized spacial score (nSPS) is 18.1. The van der Waals surface area contributed by atoms with Crippen LogP contribution in [0.25, 0.3) is 0 Å². The molecule has 20 heavy (non-hydrogen) atoms. The third-order valence-electron chi connectivity index (χ3n) is 4.18. The Hall–Kier alpha value is -1.26. The molecule has 4 heteroatoms. The number of hydrogen-bond acceptors (Lipinski definition) is 4. The van der Waals surface area contributed by atoms with Gasteiger partial charge in [0.25, 0.3) is 0 Å². The smallest absolute Gasteiger partial charge is 0.119 e. The standard InChI is InChI=1S/C16H27N3O/c1-14(17-2)8-9-18-10-12-19(13-11-18)15-4-6-16(20-3)7-5-15/h4-7,14,17H,8-13H2,1-3H3. The van der Waals surface area contributed by atoms with Gasteiger partial charge in [-0.3, -0.25) is 4.90 Å². The van der Waals surface area contributed by atoms with Crippen LogP contribution in [0.4, 0.5) is 5.69 Å². The van der Waals surface area contributed by atoms with Crippen molar-refractivity contribution in [1.29, 1.82) is 0 Å². The number of methoxy groups -OCH3 is 1. The van der Waals surface area contributed by atoms with Crippen LogP contribution in [-0.4, -0.2) is 57.8 Å². The minimum atomic E-state index is 0.606. The van der Waals surface area contributed by atoms with Crippen molar-refractivity contribution in [2.45, 2.75) is 19.4 Å². The predicted molar refractivity (Wildman–Crippen MR) is 84.8 cm³/mol. The Morgan fingerprint density at radius 1 is 1.15 bits per heavy atom. The molecule has 1 atom stereocenters. The minimum absolute atomic E-state index is 0.606. The zero-order valence-corrected chi connectivity index (χ0v) is 12.9. The maximum Gasteiger partial charge on any atom is 0.119 e. The first-order valence-corrected chi connectivity index (χ1v) is 7.51. The number of hydrogen-bond donors (Lipinski definition) is 1. The molecule has 1 N–H and O–H groups in total. The van der Waals surface area contributed by atoms with Crippen LogP contribution < -0.4 is 15.0 Å². The first-order valence-electron chi connectivity index (χ1n) is 7.51. The highest BCUT2D eigenvalue weighted by molar-refractivity contribution is 5.49. The van der Waals surface area contributed by atoms with Crippen molar-refractivity contribution in [3.63, 3.8) is 0 Å². The van der Waals surface area contributed by atoms with Crippen molar-refractivity contribution in [3.05, 3.63) is 24.3 Å². The predicted octanol–water partition coefficient (Wildman–Crippen LogP) is 1.82. The molecule has 0 saturated carbocycles. The molecule has 0 aliphatic carbocycles. The van der Waals surface area contributed by atoms with Gasteiger partial charge in [-0.15, -0.1) is 0 Å². The summed E-state index contributed by atoms with van der Waals surface area (Å²) in [6.07, 6.45) is 1.22. The van der Waals surface area contributed by atoms with Gasteiger partial charge in [0.1, 0.15) is 5.75 Å². The van der Waals surface area contributed by atoms with E-state index >= 15 is 0 Å². The molecule has 0 radical (unpaired) electrons. The van der Waals surface area contributed by atoms with E-state index in [0.717, 1.165) is 31.9 Å². The first-order chi connectivity index (χ1) is 9.72. The van der Waals surface area contributed by atoms with Crippen LogP contribution in [0.15, 0.2) is 24.3 Å². The second-order valence-corrected chi connectivity index (χ2v) is 5.51. The van der Waals surface area contributed by atoms with Crippen molar-refractivity contribution in [1.82, 2.24) is 10.2 Å². The Morgan fingerprint density at radius 3 is 2.35 bits per heavy atom. The van der Waals surface area contributed by atoms with Gasteiger partial charge in [0.2, 0.25) is 0 Å². The lowest BCUT2D eigenvalue weighted by atomic mass is 10.2. The summed E-state index contributed by atoms with van der Waals surface area (Å²) < 4.78 is 5.21. The molecule has 1 aliphatic heterocycles. The van der Waals surface area contributed by atoms with E-state index in [2.05, 4.69) is 34.2 Å². The summed E-state index contributed by atoms with van der Waals surface area (Å²) in [5.74, 6) is 0.924. The van der Waals surface area contributed by atoms with Crippen molar-refractivity contribution in [2.75, 3.05) is 51.8 Å². The van der Waals surface area contributed by atoms with Crippen LogP contribution in [0.3, 0.4) is 0 Å². The van der Waals surface area contributed by atoms with E-state index in [1.54, 1.807) is 7.11 Å². The van der Waals surface area contributed by atoms with Gasteiger partial charge < -0.3 is 15.0 Å². The molecule has 2 rings (SSSR count). The van der Waals surface area contributed by atoms with Gasteiger partial charge in [-0.05, 0) is 51.2 Å². The van der Waals surface area contributed by atoms with E-state index in [0.29, 0.717) is 6.04 Å². The average Bonchev–Trinajstić information content (AvgIpc) is 2.53. The Balaban J connectivity index is 1.78. The second kappa shape index (κ2) is 7.50. The quantitative estimate of drug-likeness (QED) is 0.858. The lowest BCUT2D eigenvalue weighted by molar-refractivity contribution is 0.246. The van der Waals surface area contributed by atoms with Crippen LogP contribution >= 0.6 is 0 Å². The van der Waals surface area contributed by atoms with Gasteiger partial charge in [0, 0.05) is 37.9 Å². The summed E-state index contributed by atoms with van der Waals surface area (Å²) in [5, 5.41) is 3.30. The maximum atomic E-state index is 5.21. The molecule has 1 fully saturated rings. The molecule has 4 nitrogen and oxygen atoms in total. The average molecular weight is 277 g/mol. The van der Waals surface area contributed by atoms with Crippen molar-refractivity contribution >= 4 is 5.69 Å². The molecule has 1 saturated heterocycles. The SMILES string of the molecule is CNC(C)CCN1CCN(c2ccc(OC)cc2)CC1. The molecule has 1 aromatic rings. The summed E-state index contributed by atoms with van der Waals surface area (Å²) in [7, 11) is 3.74. The molecule has 0 aromatic heterocycles. The van der Waals surface area contributed by atoms with E-state index in [1.807, 2.05) is 19.2 Å². The third-order valence-corrected chi connectivity index (χ3v) is 4.18. The van der Waals surface area contributed by atoms with Crippen molar-refractivity contribution in [3.8, 4) is 5.75 Å². The Kier molecular flexibility index (Phi) is 5.68. The summed E-state index contributed by atoms with van der Waals surface area (Å²) in [6, 6.07) is 8.98. The van der Waals surface area contributed by atoms with Gasteiger partial charge in [0.15, 0.2) is 0 Å². The zero-order valence-electron chi connectivity index (χ0n) is 12.9. The van der Waals surface area contributed by atoms with Crippen molar-refractivity contribution < 1.29 is 4.74 Å². The molecule has 112 valence electrons. The Labute approximate surface area is 122 Å². The van der Waals surface area contributed by atoms with Crippen molar-refractivity contribution in [2.24, 2.45) is 0 Å². The van der Waals surface area contributed by atoms with Gasteiger partial charge >= 0.3 is 0 Å². The van der Waals surface area contributed by atoms with Crippen LogP contribution in [0.2, 0.25) is 0 Å². The molecule has 0 spiro atoms. The van der Waals surface area contributed by atoms with E-state index in [4.69, 9.17) is 4.74 Å².